The van der Waals surface area contributed by atoms with Gasteiger partial charge in [0.15, 0.2) is 17.5 Å². The Bertz CT molecular complexity index is 2850. The van der Waals surface area contributed by atoms with E-state index in [0.29, 0.717) is 17.5 Å². The predicted molar refractivity (Wildman–Crippen MR) is 205 cm³/mol. The summed E-state index contributed by atoms with van der Waals surface area (Å²) in [6.45, 7) is 0. The summed E-state index contributed by atoms with van der Waals surface area (Å²) < 4.78 is 15.3. The van der Waals surface area contributed by atoms with Gasteiger partial charge in [-0.05, 0) is 79.8 Å². The molecule has 0 fully saturated rings. The minimum absolute atomic E-state index is 0.601. The van der Waals surface area contributed by atoms with Gasteiger partial charge in [0.05, 0.1) is 5.52 Å². The van der Waals surface area contributed by atoms with E-state index >= 15 is 0 Å². The first-order chi connectivity index (χ1) is 25.2. The maximum absolute atomic E-state index is 6.51. The van der Waals surface area contributed by atoms with E-state index in [1.54, 1.807) is 0 Å². The summed E-state index contributed by atoms with van der Waals surface area (Å²) in [5, 5.41) is 4.66. The van der Waals surface area contributed by atoms with Crippen molar-refractivity contribution in [2.24, 2.45) is 0 Å². The number of hydrogen-bond acceptors (Lipinski definition) is 5. The van der Waals surface area contributed by atoms with Crippen LogP contribution in [-0.2, 0) is 12.8 Å². The van der Waals surface area contributed by atoms with Crippen LogP contribution in [0.4, 0.5) is 0 Å². The second-order valence-electron chi connectivity index (χ2n) is 13.4. The van der Waals surface area contributed by atoms with Gasteiger partial charge in [-0.1, -0.05) is 78.9 Å². The number of furan rings is 2. The molecule has 0 aliphatic heterocycles. The van der Waals surface area contributed by atoms with E-state index in [-0.39, 0.29) is 0 Å². The molecule has 2 aliphatic rings. The number of fused-ring (bicyclic) bond motifs is 9. The summed E-state index contributed by atoms with van der Waals surface area (Å²) in [6.07, 6.45) is 13.1. The second-order valence-corrected chi connectivity index (χ2v) is 13.4. The number of aromatic nitrogens is 4. The first-order valence-electron chi connectivity index (χ1n) is 17.5. The van der Waals surface area contributed by atoms with Gasteiger partial charge in [0.1, 0.15) is 22.5 Å². The quantitative estimate of drug-likeness (QED) is 0.188. The first-order valence-corrected chi connectivity index (χ1v) is 17.5. The van der Waals surface area contributed by atoms with Gasteiger partial charge in [-0.2, -0.15) is 0 Å². The fourth-order valence-corrected chi connectivity index (χ4v) is 7.96. The fraction of sp³-hybridized carbons (Fsp3) is 0.0889. The molecule has 0 saturated carbocycles. The molecule has 4 aromatic heterocycles. The van der Waals surface area contributed by atoms with Crippen molar-refractivity contribution in [2.45, 2.75) is 25.7 Å². The number of allylic oxidation sites excluding steroid dienone is 2. The third kappa shape index (κ3) is 4.46. The van der Waals surface area contributed by atoms with Crippen LogP contribution in [0.2, 0.25) is 0 Å². The van der Waals surface area contributed by atoms with Crippen LogP contribution >= 0.6 is 0 Å². The topological polar surface area (TPSA) is 69.9 Å². The van der Waals surface area contributed by atoms with Crippen molar-refractivity contribution in [1.82, 2.24) is 19.5 Å². The van der Waals surface area contributed by atoms with Crippen molar-refractivity contribution < 1.29 is 8.83 Å². The average Bonchev–Trinajstić information content (AvgIpc) is 3.86. The van der Waals surface area contributed by atoms with E-state index in [1.165, 1.54) is 33.1 Å². The molecule has 2 aliphatic carbocycles. The van der Waals surface area contributed by atoms with Crippen molar-refractivity contribution in [3.63, 3.8) is 0 Å². The Balaban J connectivity index is 1.06. The zero-order valence-electron chi connectivity index (χ0n) is 27.6. The Kier molecular flexibility index (Phi) is 6.10. The standard InChI is InChI=1S/C45H30N4O2/c1-3-11-27(12-4-1)43-46-44(28-13-5-2-6-14-28)48-45(47-43)29-19-21-33-35-24-30(20-22-40(35)51-41(33)23-29)49-37-17-9-7-15-31(37)34-25-36-32-16-8-10-18-39(32)50-42(36)26-38(34)49/h1-6,9-14,17-26H,7-8,15-16H2. The van der Waals surface area contributed by atoms with Gasteiger partial charge in [0.25, 0.3) is 0 Å². The van der Waals surface area contributed by atoms with Gasteiger partial charge in [-0.3, -0.25) is 0 Å². The highest BCUT2D eigenvalue weighted by Crippen LogP contribution is 2.41. The molecule has 9 aromatic rings. The van der Waals surface area contributed by atoms with Crippen LogP contribution in [0.5, 0.6) is 0 Å². The van der Waals surface area contributed by atoms with Crippen LogP contribution in [0.1, 0.15) is 35.4 Å². The highest BCUT2D eigenvalue weighted by atomic mass is 16.3. The highest BCUT2D eigenvalue weighted by molar-refractivity contribution is 6.07. The van der Waals surface area contributed by atoms with Crippen LogP contribution in [0.3, 0.4) is 0 Å². The summed E-state index contributed by atoms with van der Waals surface area (Å²) in [5.41, 5.74) is 11.6. The molecule has 0 atom stereocenters. The summed E-state index contributed by atoms with van der Waals surface area (Å²) >= 11 is 0. The number of nitrogens with zero attached hydrogens (tertiary/aromatic N) is 4. The number of hydrogen-bond donors (Lipinski definition) is 0. The monoisotopic (exact) mass is 658 g/mol. The molecule has 0 spiro atoms. The van der Waals surface area contributed by atoms with Gasteiger partial charge < -0.3 is 13.4 Å². The van der Waals surface area contributed by atoms with E-state index in [2.05, 4.69) is 71.3 Å². The summed E-state index contributed by atoms with van der Waals surface area (Å²) in [6, 6.07) is 37.5. The lowest BCUT2D eigenvalue weighted by Gasteiger charge is -2.12. The van der Waals surface area contributed by atoms with Gasteiger partial charge in [-0.25, -0.2) is 15.0 Å². The summed E-state index contributed by atoms with van der Waals surface area (Å²) in [7, 11) is 0. The molecule has 0 amide bonds. The van der Waals surface area contributed by atoms with E-state index in [9.17, 15) is 0 Å². The van der Waals surface area contributed by atoms with Gasteiger partial charge in [0.2, 0.25) is 0 Å². The number of aryl methyl sites for hydroxylation is 2. The SMILES string of the molecule is C1=Cc2oc3cc4c(cc3c2CC1)c1c(n4-c2ccc3oc4cc(-c5nc(-c6ccccc6)nc(-c6ccccc6)n5)ccc4c3c2)C=CCC1. The molecule has 0 N–H and O–H groups in total. The summed E-state index contributed by atoms with van der Waals surface area (Å²) in [5.74, 6) is 2.87. The maximum Gasteiger partial charge on any atom is 0.164 e. The Morgan fingerprint density at radius 1 is 0.490 bits per heavy atom. The molecule has 11 rings (SSSR count). The van der Waals surface area contributed by atoms with Gasteiger partial charge in [0, 0.05) is 61.2 Å². The lowest BCUT2D eigenvalue weighted by Crippen LogP contribution is -2.00. The van der Waals surface area contributed by atoms with Crippen molar-refractivity contribution in [3.05, 3.63) is 144 Å². The Hall–Kier alpha value is -6.53. The highest BCUT2D eigenvalue weighted by Gasteiger charge is 2.23. The van der Waals surface area contributed by atoms with Crippen molar-refractivity contribution in [2.75, 3.05) is 0 Å². The Morgan fingerprint density at radius 3 is 1.94 bits per heavy atom. The predicted octanol–water partition coefficient (Wildman–Crippen LogP) is 11.4. The van der Waals surface area contributed by atoms with E-state index in [0.717, 1.165) is 81.3 Å². The molecule has 6 heteroatoms. The molecule has 0 radical (unpaired) electrons. The van der Waals surface area contributed by atoms with Crippen LogP contribution in [0.15, 0.2) is 130 Å². The molecule has 6 nitrogen and oxygen atoms in total. The largest absolute Gasteiger partial charge is 0.456 e. The van der Waals surface area contributed by atoms with Crippen molar-refractivity contribution in [1.29, 1.82) is 0 Å². The molecular weight excluding hydrogens is 629 g/mol. The van der Waals surface area contributed by atoms with Crippen LogP contribution < -0.4 is 0 Å². The molecule has 242 valence electrons. The minimum atomic E-state index is 0.601. The van der Waals surface area contributed by atoms with E-state index in [1.807, 2.05) is 66.7 Å². The Morgan fingerprint density at radius 2 is 1.18 bits per heavy atom. The van der Waals surface area contributed by atoms with Gasteiger partial charge in [-0.15, -0.1) is 0 Å². The smallest absolute Gasteiger partial charge is 0.164 e. The normalized spacial score (nSPS) is 13.8. The molecule has 0 bridgehead atoms. The molecule has 4 heterocycles. The first kappa shape index (κ1) is 28.3. The van der Waals surface area contributed by atoms with Crippen LogP contribution in [0, 0.1) is 0 Å². The Labute approximate surface area is 293 Å². The number of benzene rings is 5. The number of rotatable bonds is 4. The fourth-order valence-electron chi connectivity index (χ4n) is 7.96. The zero-order valence-corrected chi connectivity index (χ0v) is 27.6. The zero-order chi connectivity index (χ0) is 33.5. The minimum Gasteiger partial charge on any atom is -0.456 e. The molecule has 0 unspecified atom stereocenters. The molecule has 0 saturated heterocycles. The van der Waals surface area contributed by atoms with Crippen LogP contribution in [0.25, 0.3) is 95.8 Å². The lowest BCUT2D eigenvalue weighted by atomic mass is 9.97. The summed E-state index contributed by atoms with van der Waals surface area (Å²) in [4.78, 5) is 14.7. The molecule has 5 aromatic carbocycles. The molecule has 51 heavy (non-hydrogen) atoms. The third-order valence-electron chi connectivity index (χ3n) is 10.4. The average molecular weight is 659 g/mol. The second kappa shape index (κ2) is 11.0. The van der Waals surface area contributed by atoms with E-state index in [4.69, 9.17) is 23.8 Å². The molecular formula is C45H30N4O2. The lowest BCUT2D eigenvalue weighted by molar-refractivity contribution is 0.595. The van der Waals surface area contributed by atoms with Crippen LogP contribution in [-0.4, -0.2) is 19.5 Å². The maximum atomic E-state index is 6.51. The van der Waals surface area contributed by atoms with E-state index < -0.39 is 0 Å². The van der Waals surface area contributed by atoms with Crippen molar-refractivity contribution >= 4 is 56.0 Å². The third-order valence-corrected chi connectivity index (χ3v) is 10.4. The van der Waals surface area contributed by atoms with Crippen molar-refractivity contribution in [3.8, 4) is 39.9 Å². The van der Waals surface area contributed by atoms with Gasteiger partial charge >= 0.3 is 0 Å².